The van der Waals surface area contributed by atoms with E-state index in [-0.39, 0.29) is 5.91 Å². The number of hydrogen-bond donors (Lipinski definition) is 0. The highest BCUT2D eigenvalue weighted by Crippen LogP contribution is 2.31. The lowest BCUT2D eigenvalue weighted by atomic mass is 10.0. The Labute approximate surface area is 175 Å². The Morgan fingerprint density at radius 2 is 1.83 bits per heavy atom. The number of nitrogens with zero attached hydrogens (tertiary/aromatic N) is 4. The molecule has 7 nitrogen and oxygen atoms in total. The number of ether oxygens (including phenoxy) is 2. The van der Waals surface area contributed by atoms with Gasteiger partial charge in [0.1, 0.15) is 11.3 Å². The lowest BCUT2D eigenvalue weighted by Gasteiger charge is -2.37. The van der Waals surface area contributed by atoms with Gasteiger partial charge < -0.3 is 14.4 Å². The first kappa shape index (κ1) is 19.2. The average molecular weight is 406 g/mol. The van der Waals surface area contributed by atoms with Crippen molar-refractivity contribution >= 4 is 17.1 Å². The third-order valence-corrected chi connectivity index (χ3v) is 6.04. The lowest BCUT2D eigenvalue weighted by molar-refractivity contribution is -0.187. The van der Waals surface area contributed by atoms with Crippen LogP contribution in [0.15, 0.2) is 42.6 Å². The molecule has 0 radical (unpaired) electrons. The Morgan fingerprint density at radius 3 is 2.53 bits per heavy atom. The zero-order valence-corrected chi connectivity index (χ0v) is 17.2. The van der Waals surface area contributed by atoms with Gasteiger partial charge in [-0.3, -0.25) is 9.36 Å². The number of benzene rings is 1. The fraction of sp³-hybridized carbons (Fsp3) is 0.435. The van der Waals surface area contributed by atoms with Crippen LogP contribution in [-0.4, -0.2) is 57.4 Å². The fourth-order valence-corrected chi connectivity index (χ4v) is 4.40. The summed E-state index contributed by atoms with van der Waals surface area (Å²) in [4.78, 5) is 23.9. The van der Waals surface area contributed by atoms with Gasteiger partial charge in [0.15, 0.2) is 11.4 Å². The second-order valence-corrected chi connectivity index (χ2v) is 7.89. The molecule has 30 heavy (non-hydrogen) atoms. The van der Waals surface area contributed by atoms with Crippen LogP contribution in [0.5, 0.6) is 0 Å². The van der Waals surface area contributed by atoms with E-state index in [1.807, 2.05) is 41.3 Å². The number of aromatic nitrogens is 3. The maximum absolute atomic E-state index is 12.8. The minimum Gasteiger partial charge on any atom is -0.347 e. The third-order valence-electron chi connectivity index (χ3n) is 6.04. The molecule has 1 amide bonds. The van der Waals surface area contributed by atoms with E-state index in [1.54, 1.807) is 6.20 Å². The predicted octanol–water partition coefficient (Wildman–Crippen LogP) is 2.89. The third kappa shape index (κ3) is 3.48. The lowest BCUT2D eigenvalue weighted by Crippen LogP contribution is -2.47. The first-order valence-electron chi connectivity index (χ1n) is 10.6. The van der Waals surface area contributed by atoms with Gasteiger partial charge in [-0.2, -0.15) is 0 Å². The summed E-state index contributed by atoms with van der Waals surface area (Å²) >= 11 is 0. The standard InChI is InChI=1S/C23H26N4O3/c1-2-20-25-19-4-3-11-24-22(19)27(20)18-7-5-17(6-8-18)16-21(28)26-12-9-23(10-13-26)29-14-15-30-23/h3-8,11H,2,9-10,12-16H2,1H3. The molecule has 0 aliphatic carbocycles. The SMILES string of the molecule is CCc1nc2cccnc2n1-c1ccc(CC(=O)N2CCC3(CC2)OCCO3)cc1. The van der Waals surface area contributed by atoms with Crippen molar-refractivity contribution in [1.82, 2.24) is 19.4 Å². The predicted molar refractivity (Wildman–Crippen MR) is 112 cm³/mol. The van der Waals surface area contributed by atoms with Gasteiger partial charge in [0, 0.05) is 44.2 Å². The van der Waals surface area contributed by atoms with Gasteiger partial charge in [-0.25, -0.2) is 9.97 Å². The van der Waals surface area contributed by atoms with Gasteiger partial charge in [-0.1, -0.05) is 19.1 Å². The summed E-state index contributed by atoms with van der Waals surface area (Å²) in [5, 5.41) is 0. The Kier molecular flexibility index (Phi) is 5.00. The number of piperidine rings is 1. The van der Waals surface area contributed by atoms with Crippen LogP contribution in [0, 0.1) is 0 Å². The minimum atomic E-state index is -0.447. The van der Waals surface area contributed by atoms with Gasteiger partial charge in [0.05, 0.1) is 19.6 Å². The Bertz CT molecular complexity index is 1040. The van der Waals surface area contributed by atoms with Crippen molar-refractivity contribution in [2.75, 3.05) is 26.3 Å². The monoisotopic (exact) mass is 406 g/mol. The molecule has 0 N–H and O–H groups in total. The molecular formula is C23H26N4O3. The molecule has 2 aliphatic rings. The molecule has 2 fully saturated rings. The molecule has 2 saturated heterocycles. The van der Waals surface area contributed by atoms with Crippen LogP contribution >= 0.6 is 0 Å². The molecule has 0 atom stereocenters. The van der Waals surface area contributed by atoms with Crippen molar-refractivity contribution in [2.45, 2.75) is 38.4 Å². The molecule has 4 heterocycles. The van der Waals surface area contributed by atoms with E-state index >= 15 is 0 Å². The van der Waals surface area contributed by atoms with Crippen molar-refractivity contribution in [3.05, 3.63) is 54.0 Å². The van der Waals surface area contributed by atoms with Gasteiger partial charge in [-0.05, 0) is 29.8 Å². The van der Waals surface area contributed by atoms with Gasteiger partial charge in [-0.15, -0.1) is 0 Å². The summed E-state index contributed by atoms with van der Waals surface area (Å²) in [5.74, 6) is 0.683. The van der Waals surface area contributed by atoms with Gasteiger partial charge >= 0.3 is 0 Å². The van der Waals surface area contributed by atoms with E-state index in [2.05, 4.69) is 21.5 Å². The van der Waals surface area contributed by atoms with E-state index in [1.165, 1.54) is 0 Å². The van der Waals surface area contributed by atoms with Crippen LogP contribution < -0.4 is 0 Å². The summed E-state index contributed by atoms with van der Waals surface area (Å²) < 4.78 is 13.6. The quantitative estimate of drug-likeness (QED) is 0.666. The van der Waals surface area contributed by atoms with Crippen LogP contribution in [-0.2, 0) is 27.1 Å². The highest BCUT2D eigenvalue weighted by Gasteiger charge is 2.40. The molecule has 0 unspecified atom stereocenters. The molecule has 0 saturated carbocycles. The average Bonchev–Trinajstić information content (AvgIpc) is 3.39. The summed E-state index contributed by atoms with van der Waals surface area (Å²) in [6, 6.07) is 12.0. The number of likely N-dealkylation sites (tertiary alicyclic amines) is 1. The molecule has 2 aromatic heterocycles. The van der Waals surface area contributed by atoms with Crippen LogP contribution in [0.3, 0.4) is 0 Å². The van der Waals surface area contributed by atoms with Crippen molar-refractivity contribution in [1.29, 1.82) is 0 Å². The van der Waals surface area contributed by atoms with Gasteiger partial charge in [0.25, 0.3) is 0 Å². The van der Waals surface area contributed by atoms with Crippen molar-refractivity contribution in [3.63, 3.8) is 0 Å². The number of hydrogen-bond acceptors (Lipinski definition) is 5. The molecule has 0 bridgehead atoms. The highest BCUT2D eigenvalue weighted by atomic mass is 16.7. The number of carbonyl (C=O) groups is 1. The van der Waals surface area contributed by atoms with Crippen LogP contribution in [0.25, 0.3) is 16.9 Å². The number of aryl methyl sites for hydroxylation is 1. The normalized spacial score (nSPS) is 18.4. The van der Waals surface area contributed by atoms with Crippen molar-refractivity contribution < 1.29 is 14.3 Å². The van der Waals surface area contributed by atoms with Crippen LogP contribution in [0.2, 0.25) is 0 Å². The van der Waals surface area contributed by atoms with E-state index in [0.29, 0.717) is 32.7 Å². The molecular weight excluding hydrogens is 380 g/mol. The zero-order chi connectivity index (χ0) is 20.6. The van der Waals surface area contributed by atoms with E-state index in [4.69, 9.17) is 9.47 Å². The topological polar surface area (TPSA) is 69.5 Å². The first-order chi connectivity index (χ1) is 14.7. The maximum atomic E-state index is 12.8. The first-order valence-corrected chi connectivity index (χ1v) is 10.6. The summed E-state index contributed by atoms with van der Waals surface area (Å²) in [5.41, 5.74) is 3.77. The zero-order valence-electron chi connectivity index (χ0n) is 17.2. The van der Waals surface area contributed by atoms with Crippen molar-refractivity contribution in [2.24, 2.45) is 0 Å². The Balaban J connectivity index is 1.29. The number of imidazole rings is 1. The molecule has 156 valence electrons. The molecule has 2 aliphatic heterocycles. The molecule has 3 aromatic rings. The molecule has 7 heteroatoms. The van der Waals surface area contributed by atoms with Gasteiger partial charge in [0.2, 0.25) is 5.91 Å². The second-order valence-electron chi connectivity index (χ2n) is 7.89. The van der Waals surface area contributed by atoms with E-state index in [0.717, 1.165) is 47.5 Å². The van der Waals surface area contributed by atoms with Crippen molar-refractivity contribution in [3.8, 4) is 5.69 Å². The number of carbonyl (C=O) groups excluding carboxylic acids is 1. The number of fused-ring (bicyclic) bond motifs is 1. The summed E-state index contributed by atoms with van der Waals surface area (Å²) in [6.45, 7) is 4.77. The summed E-state index contributed by atoms with van der Waals surface area (Å²) in [7, 11) is 0. The Hall–Kier alpha value is -2.77. The second kappa shape index (κ2) is 7.81. The smallest absolute Gasteiger partial charge is 0.226 e. The van der Waals surface area contributed by atoms with E-state index < -0.39 is 5.79 Å². The largest absolute Gasteiger partial charge is 0.347 e. The molecule has 1 spiro atoms. The number of pyridine rings is 1. The highest BCUT2D eigenvalue weighted by molar-refractivity contribution is 5.79. The molecule has 1 aromatic carbocycles. The van der Waals surface area contributed by atoms with Crippen LogP contribution in [0.1, 0.15) is 31.2 Å². The molecule has 5 rings (SSSR count). The number of amides is 1. The maximum Gasteiger partial charge on any atom is 0.226 e. The minimum absolute atomic E-state index is 0.152. The van der Waals surface area contributed by atoms with Crippen LogP contribution in [0.4, 0.5) is 0 Å². The number of rotatable bonds is 4. The summed E-state index contributed by atoms with van der Waals surface area (Å²) in [6.07, 6.45) is 4.51. The fourth-order valence-electron chi connectivity index (χ4n) is 4.40. The Morgan fingerprint density at radius 1 is 1.10 bits per heavy atom. The van der Waals surface area contributed by atoms with E-state index in [9.17, 15) is 4.79 Å².